The molecule has 1 aliphatic rings. The zero-order chi connectivity index (χ0) is 26.4. The van der Waals surface area contributed by atoms with E-state index in [1.807, 2.05) is 60.8 Å². The largest absolute Gasteiger partial charge is 0.396 e. The zero-order valence-corrected chi connectivity index (χ0v) is 22.8. The number of aliphatic hydroxyl groups excluding tert-OH is 1. The van der Waals surface area contributed by atoms with E-state index in [0.29, 0.717) is 19.4 Å². The number of halogens is 1. The predicted molar refractivity (Wildman–Crippen MR) is 145 cm³/mol. The average Bonchev–Trinajstić information content (AvgIpc) is 3.47. The third-order valence-corrected chi connectivity index (χ3v) is 9.85. The first kappa shape index (κ1) is 27.2. The summed E-state index contributed by atoms with van der Waals surface area (Å²) in [5.41, 5.74) is 3.48. The minimum Gasteiger partial charge on any atom is -0.396 e. The van der Waals surface area contributed by atoms with Crippen LogP contribution in [0.5, 0.6) is 0 Å². The number of aliphatic hydroxyl groups is 1. The van der Waals surface area contributed by atoms with E-state index in [1.165, 1.54) is 0 Å². The van der Waals surface area contributed by atoms with Crippen molar-refractivity contribution < 1.29 is 18.7 Å². The van der Waals surface area contributed by atoms with E-state index in [2.05, 4.69) is 17.2 Å². The molecule has 0 unspecified atom stereocenters. The molecule has 1 amide bonds. The van der Waals surface area contributed by atoms with Crippen molar-refractivity contribution in [2.24, 2.45) is 5.92 Å². The van der Waals surface area contributed by atoms with E-state index in [9.17, 15) is 4.79 Å². The normalized spacial score (nSPS) is 21.8. The Morgan fingerprint density at radius 3 is 2.41 bits per heavy atom. The van der Waals surface area contributed by atoms with Gasteiger partial charge in [0.2, 0.25) is 14.8 Å². The lowest BCUT2D eigenvalue weighted by atomic mass is 9.95. The highest BCUT2D eigenvalue weighted by atomic mass is 28.4. The molecule has 4 atom stereocenters. The molecule has 2 heterocycles. The molecule has 0 aliphatic carbocycles. The summed E-state index contributed by atoms with van der Waals surface area (Å²) in [6.45, 7) is 6.35. The number of carbonyl (C=O) groups is 1. The summed E-state index contributed by atoms with van der Waals surface area (Å²) in [6.07, 6.45) is 5.32. The Labute approximate surface area is 219 Å². The molecule has 1 aliphatic heterocycles. The molecule has 0 radical (unpaired) electrons. The number of rotatable bonds is 12. The minimum atomic E-state index is -2.94. The molecule has 3 aromatic rings. The van der Waals surface area contributed by atoms with Crippen LogP contribution in [0.1, 0.15) is 31.0 Å². The summed E-state index contributed by atoms with van der Waals surface area (Å²) in [6, 6.07) is 17.6. The van der Waals surface area contributed by atoms with Gasteiger partial charge in [-0.25, -0.2) is 0 Å². The highest BCUT2D eigenvalue weighted by molar-refractivity contribution is 6.72. The second-order valence-electron chi connectivity index (χ2n) is 10.4. The number of hydrogen-bond donors (Lipinski definition) is 1. The van der Waals surface area contributed by atoms with Crippen LogP contribution in [0.25, 0.3) is 0 Å². The smallest absolute Gasteiger partial charge is 0.246 e. The Morgan fingerprint density at radius 1 is 1.05 bits per heavy atom. The molecule has 4 rings (SSSR count). The lowest BCUT2D eigenvalue weighted by Crippen LogP contribution is -2.36. The molecule has 198 valence electrons. The fraction of sp³-hybridized carbons (Fsp3) is 0.464. The van der Waals surface area contributed by atoms with Gasteiger partial charge in [0, 0.05) is 42.7 Å². The van der Waals surface area contributed by atoms with E-state index >= 15 is 4.11 Å². The number of anilines is 2. The number of benzene rings is 2. The van der Waals surface area contributed by atoms with E-state index in [4.69, 9.17) is 9.84 Å². The highest BCUT2D eigenvalue weighted by Gasteiger charge is 2.50. The van der Waals surface area contributed by atoms with Crippen LogP contribution < -0.4 is 4.90 Å². The molecule has 7 nitrogen and oxygen atoms in total. The Morgan fingerprint density at radius 2 is 1.76 bits per heavy atom. The van der Waals surface area contributed by atoms with Gasteiger partial charge in [0.1, 0.15) is 0 Å². The van der Waals surface area contributed by atoms with E-state index in [0.717, 1.165) is 41.9 Å². The van der Waals surface area contributed by atoms with Gasteiger partial charge in [-0.05, 0) is 68.1 Å². The summed E-state index contributed by atoms with van der Waals surface area (Å²) in [5.74, 6) is 0.139. The van der Waals surface area contributed by atoms with Crippen LogP contribution in [0.3, 0.4) is 0 Å². The molecule has 0 bridgehead atoms. The number of amides is 1. The minimum absolute atomic E-state index is 0.00584. The predicted octanol–water partition coefficient (Wildman–Crippen LogP) is 5.08. The summed E-state index contributed by atoms with van der Waals surface area (Å²) < 4.78 is 23.7. The molecule has 1 fully saturated rings. The Bertz CT molecular complexity index is 1140. The molecule has 1 aromatic heterocycles. The van der Waals surface area contributed by atoms with Gasteiger partial charge in [0.25, 0.3) is 0 Å². The number of ether oxygens (including phenoxy) is 1. The van der Waals surface area contributed by atoms with Gasteiger partial charge in [0.05, 0.1) is 17.9 Å². The molecule has 0 saturated carbocycles. The van der Waals surface area contributed by atoms with Crippen LogP contribution in [0.4, 0.5) is 15.5 Å². The van der Waals surface area contributed by atoms with Crippen LogP contribution in [-0.4, -0.2) is 53.7 Å². The number of hydrogen-bond acceptors (Lipinski definition) is 5. The van der Waals surface area contributed by atoms with Gasteiger partial charge in [0.15, 0.2) is 0 Å². The second-order valence-corrected chi connectivity index (χ2v) is 14.2. The Hall–Kier alpha value is -2.88. The topological polar surface area (TPSA) is 80.5 Å². The van der Waals surface area contributed by atoms with Crippen LogP contribution in [0, 0.1) is 5.92 Å². The van der Waals surface area contributed by atoms with Gasteiger partial charge in [-0.1, -0.05) is 42.5 Å². The van der Waals surface area contributed by atoms with Gasteiger partial charge in [-0.3, -0.25) is 14.4 Å². The van der Waals surface area contributed by atoms with Crippen molar-refractivity contribution >= 4 is 26.2 Å². The first-order valence-electron chi connectivity index (χ1n) is 13.0. The van der Waals surface area contributed by atoms with Crippen molar-refractivity contribution in [3.8, 4) is 0 Å². The second kappa shape index (κ2) is 12.1. The summed E-state index contributed by atoms with van der Waals surface area (Å²) >= 11 is 0. The van der Waals surface area contributed by atoms with Crippen molar-refractivity contribution in [2.75, 3.05) is 11.5 Å². The monoisotopic (exact) mass is 524 g/mol. The molecule has 37 heavy (non-hydrogen) atoms. The number of carbonyl (C=O) groups excluding carboxylic acids is 1. The third-order valence-electron chi connectivity index (χ3n) is 7.36. The van der Waals surface area contributed by atoms with Crippen molar-refractivity contribution in [3.63, 3.8) is 0 Å². The van der Waals surface area contributed by atoms with Crippen LogP contribution in [0.2, 0.25) is 18.6 Å². The van der Waals surface area contributed by atoms with Crippen LogP contribution in [0.15, 0.2) is 60.8 Å². The highest BCUT2D eigenvalue weighted by Crippen LogP contribution is 2.47. The van der Waals surface area contributed by atoms with E-state index in [-0.39, 0.29) is 30.3 Å². The lowest BCUT2D eigenvalue weighted by molar-refractivity contribution is -0.106. The standard InChI is InChI=1S/C28H37FN4O3Si/c1-21-26(14-11-22-9-12-25(13-10-22)33(20-35)24-7-5-4-6-8-24)36-27(28(21)37(2,3)29)15-17-32-19-23(16-18-34)30-31-32/h4-10,12-13,19-21,26-28,34H,11,14-18H2,1-3H3/t21-,26+,27-,28+/m0/s1. The molecular weight excluding hydrogens is 487 g/mol. The fourth-order valence-electron chi connectivity index (χ4n) is 5.58. The molecule has 9 heteroatoms. The van der Waals surface area contributed by atoms with Crippen LogP contribution >= 0.6 is 0 Å². The van der Waals surface area contributed by atoms with Crippen molar-refractivity contribution in [3.05, 3.63) is 72.1 Å². The van der Waals surface area contributed by atoms with Gasteiger partial charge in [-0.15, -0.1) is 5.10 Å². The maximum absolute atomic E-state index is 15.4. The molecule has 1 saturated heterocycles. The quantitative estimate of drug-likeness (QED) is 0.203. The average molecular weight is 525 g/mol. The molecular formula is C28H37FN4O3Si. The maximum Gasteiger partial charge on any atom is 0.246 e. The van der Waals surface area contributed by atoms with Crippen LogP contribution in [-0.2, 0) is 28.9 Å². The van der Waals surface area contributed by atoms with Crippen molar-refractivity contribution in [2.45, 2.75) is 70.0 Å². The van der Waals surface area contributed by atoms with Crippen molar-refractivity contribution in [1.82, 2.24) is 15.0 Å². The van der Waals surface area contributed by atoms with Gasteiger partial charge >= 0.3 is 0 Å². The fourth-order valence-corrected chi connectivity index (χ4v) is 8.17. The van der Waals surface area contributed by atoms with Gasteiger partial charge in [-0.2, -0.15) is 0 Å². The summed E-state index contributed by atoms with van der Waals surface area (Å²) in [5, 5.41) is 17.3. The third kappa shape index (κ3) is 6.71. The first-order valence-corrected chi connectivity index (χ1v) is 16.0. The van der Waals surface area contributed by atoms with E-state index < -0.39 is 8.41 Å². The maximum atomic E-state index is 15.4. The Balaban J connectivity index is 1.37. The number of aryl methyl sites for hydroxylation is 2. The zero-order valence-electron chi connectivity index (χ0n) is 21.8. The first-order chi connectivity index (χ1) is 17.8. The van der Waals surface area contributed by atoms with Gasteiger partial charge < -0.3 is 14.0 Å². The van der Waals surface area contributed by atoms with Crippen molar-refractivity contribution in [1.29, 1.82) is 0 Å². The van der Waals surface area contributed by atoms with E-state index in [1.54, 1.807) is 22.7 Å². The number of para-hydroxylation sites is 1. The molecule has 2 aromatic carbocycles. The lowest BCUT2D eigenvalue weighted by Gasteiger charge is -2.28. The number of nitrogens with zero attached hydrogens (tertiary/aromatic N) is 4. The molecule has 0 spiro atoms. The SMILES string of the molecule is C[C@@H]1[C@@H]([Si](C)(C)F)[C@H](CCn2cc(CCO)nn2)O[C@@H]1CCc1ccc(N(C=O)c2ccccc2)cc1. The summed E-state index contributed by atoms with van der Waals surface area (Å²) in [4.78, 5) is 13.3. The Kier molecular flexibility index (Phi) is 8.89. The summed E-state index contributed by atoms with van der Waals surface area (Å²) in [7, 11) is -2.94. The molecule has 1 N–H and O–H groups in total. The number of aromatic nitrogens is 3.